The van der Waals surface area contributed by atoms with Gasteiger partial charge in [-0.2, -0.15) is 0 Å². The molecule has 0 unspecified atom stereocenters. The molecule has 0 N–H and O–H groups in total. The third-order valence-corrected chi connectivity index (χ3v) is 2.83. The van der Waals surface area contributed by atoms with Crippen LogP contribution in [0.25, 0.3) is 11.4 Å². The van der Waals surface area contributed by atoms with Crippen molar-refractivity contribution in [2.75, 3.05) is 14.2 Å². The third kappa shape index (κ3) is 2.70. The minimum Gasteiger partial charge on any atom is -0.496 e. The Labute approximate surface area is 113 Å². The Hall–Kier alpha value is -2.04. The molecule has 0 spiro atoms. The van der Waals surface area contributed by atoms with Crippen molar-refractivity contribution in [3.8, 4) is 22.9 Å². The van der Waals surface area contributed by atoms with Gasteiger partial charge in [-0.3, -0.25) is 0 Å². The van der Waals surface area contributed by atoms with Crippen molar-refractivity contribution in [2.24, 2.45) is 5.92 Å². The molecule has 0 radical (unpaired) electrons. The van der Waals surface area contributed by atoms with Crippen LogP contribution in [-0.2, 0) is 6.54 Å². The zero-order valence-electron chi connectivity index (χ0n) is 11.8. The minimum absolute atomic E-state index is 0.510. The van der Waals surface area contributed by atoms with E-state index in [0.717, 1.165) is 29.4 Å². The van der Waals surface area contributed by atoms with Crippen LogP contribution >= 0.6 is 0 Å². The molecule has 0 saturated heterocycles. The Morgan fingerprint density at radius 2 is 1.79 bits per heavy atom. The van der Waals surface area contributed by atoms with Gasteiger partial charge in [0.15, 0.2) is 5.82 Å². The van der Waals surface area contributed by atoms with Crippen LogP contribution in [0.1, 0.15) is 13.8 Å². The Kier molecular flexibility index (Phi) is 4.04. The molecular weight excluding hydrogens is 242 g/mol. The lowest BCUT2D eigenvalue weighted by Gasteiger charge is -2.14. The maximum absolute atomic E-state index is 5.41. The van der Waals surface area contributed by atoms with Gasteiger partial charge in [-0.05, 0) is 18.1 Å². The van der Waals surface area contributed by atoms with Gasteiger partial charge in [-0.1, -0.05) is 19.9 Å². The van der Waals surface area contributed by atoms with E-state index in [4.69, 9.17) is 9.47 Å². The van der Waals surface area contributed by atoms with E-state index < -0.39 is 0 Å². The summed E-state index contributed by atoms with van der Waals surface area (Å²) in [6, 6.07) is 5.68. The van der Waals surface area contributed by atoms with E-state index in [1.54, 1.807) is 20.5 Å². The van der Waals surface area contributed by atoms with Crippen LogP contribution in [0.4, 0.5) is 0 Å². The van der Waals surface area contributed by atoms with Crippen molar-refractivity contribution in [1.82, 2.24) is 14.8 Å². The van der Waals surface area contributed by atoms with Crippen LogP contribution in [0.5, 0.6) is 11.5 Å². The van der Waals surface area contributed by atoms with E-state index in [1.165, 1.54) is 0 Å². The summed E-state index contributed by atoms with van der Waals surface area (Å²) < 4.78 is 12.8. The molecule has 2 aromatic rings. The fraction of sp³-hybridized carbons (Fsp3) is 0.429. The molecule has 1 aromatic heterocycles. The zero-order valence-corrected chi connectivity index (χ0v) is 11.8. The maximum atomic E-state index is 5.41. The summed E-state index contributed by atoms with van der Waals surface area (Å²) in [6.45, 7) is 5.16. The van der Waals surface area contributed by atoms with Crippen molar-refractivity contribution >= 4 is 0 Å². The Morgan fingerprint density at radius 3 is 2.32 bits per heavy atom. The largest absolute Gasteiger partial charge is 0.496 e. The van der Waals surface area contributed by atoms with E-state index in [-0.39, 0.29) is 0 Å². The lowest BCUT2D eigenvalue weighted by Crippen LogP contribution is -2.06. The Morgan fingerprint density at radius 1 is 1.16 bits per heavy atom. The number of ether oxygens (including phenoxy) is 2. The summed E-state index contributed by atoms with van der Waals surface area (Å²) in [5, 5.41) is 8.21. The number of rotatable bonds is 5. The highest BCUT2D eigenvalue weighted by atomic mass is 16.5. The van der Waals surface area contributed by atoms with Gasteiger partial charge in [-0.15, -0.1) is 10.2 Å². The number of hydrogen-bond acceptors (Lipinski definition) is 4. The predicted molar refractivity (Wildman–Crippen MR) is 73.4 cm³/mol. The molecule has 2 rings (SSSR count). The highest BCUT2D eigenvalue weighted by molar-refractivity contribution is 5.72. The number of nitrogens with zero attached hydrogens (tertiary/aromatic N) is 3. The number of methoxy groups -OCH3 is 2. The first-order valence-electron chi connectivity index (χ1n) is 6.26. The van der Waals surface area contributed by atoms with Gasteiger partial charge < -0.3 is 14.0 Å². The van der Waals surface area contributed by atoms with Crippen LogP contribution in [0.2, 0.25) is 0 Å². The third-order valence-electron chi connectivity index (χ3n) is 2.83. The first kappa shape index (κ1) is 13.4. The molecule has 0 aliphatic heterocycles. The van der Waals surface area contributed by atoms with Gasteiger partial charge in [0.2, 0.25) is 0 Å². The maximum Gasteiger partial charge on any atom is 0.171 e. The monoisotopic (exact) mass is 261 g/mol. The van der Waals surface area contributed by atoms with Crippen LogP contribution in [0.3, 0.4) is 0 Å². The number of benzene rings is 1. The van der Waals surface area contributed by atoms with Crippen molar-refractivity contribution in [3.05, 3.63) is 24.5 Å². The van der Waals surface area contributed by atoms with E-state index in [9.17, 15) is 0 Å². The molecule has 0 atom stereocenters. The van der Waals surface area contributed by atoms with Crippen LogP contribution in [0, 0.1) is 5.92 Å². The average Bonchev–Trinajstić information content (AvgIpc) is 2.84. The lowest BCUT2D eigenvalue weighted by molar-refractivity contribution is 0.396. The summed E-state index contributed by atoms with van der Waals surface area (Å²) in [6.07, 6.45) is 1.74. The molecule has 5 heteroatoms. The molecule has 1 aromatic carbocycles. The molecular formula is C14H19N3O2. The van der Waals surface area contributed by atoms with E-state index in [0.29, 0.717) is 5.92 Å². The van der Waals surface area contributed by atoms with Crippen LogP contribution in [0.15, 0.2) is 24.5 Å². The lowest BCUT2D eigenvalue weighted by atomic mass is 10.1. The Balaban J connectivity index is 2.55. The molecule has 0 aliphatic carbocycles. The molecule has 0 amide bonds. The van der Waals surface area contributed by atoms with Crippen molar-refractivity contribution in [2.45, 2.75) is 20.4 Å². The number of hydrogen-bond donors (Lipinski definition) is 0. The van der Waals surface area contributed by atoms with E-state index >= 15 is 0 Å². The molecule has 5 nitrogen and oxygen atoms in total. The van der Waals surface area contributed by atoms with Gasteiger partial charge in [0.25, 0.3) is 0 Å². The smallest absolute Gasteiger partial charge is 0.171 e. The van der Waals surface area contributed by atoms with Crippen LogP contribution in [-0.4, -0.2) is 29.0 Å². The SMILES string of the molecule is COc1cccc(OC)c1-c1nncn1CC(C)C. The zero-order chi connectivity index (χ0) is 13.8. The first-order valence-corrected chi connectivity index (χ1v) is 6.26. The average molecular weight is 261 g/mol. The fourth-order valence-electron chi connectivity index (χ4n) is 2.05. The predicted octanol–water partition coefficient (Wildman–Crippen LogP) is 2.62. The quantitative estimate of drug-likeness (QED) is 0.830. The molecule has 1 heterocycles. The Bertz CT molecular complexity index is 527. The summed E-state index contributed by atoms with van der Waals surface area (Å²) in [7, 11) is 3.28. The normalized spacial score (nSPS) is 10.8. The van der Waals surface area contributed by atoms with Gasteiger partial charge >= 0.3 is 0 Å². The highest BCUT2D eigenvalue weighted by Gasteiger charge is 2.18. The summed E-state index contributed by atoms with van der Waals surface area (Å²) >= 11 is 0. The van der Waals surface area contributed by atoms with Crippen molar-refractivity contribution in [3.63, 3.8) is 0 Å². The fourth-order valence-corrected chi connectivity index (χ4v) is 2.05. The molecule has 19 heavy (non-hydrogen) atoms. The van der Waals surface area contributed by atoms with E-state index in [1.807, 2.05) is 22.8 Å². The minimum atomic E-state index is 0.510. The molecule has 0 bridgehead atoms. The van der Waals surface area contributed by atoms with E-state index in [2.05, 4.69) is 24.0 Å². The molecule has 0 saturated carbocycles. The highest BCUT2D eigenvalue weighted by Crippen LogP contribution is 2.37. The van der Waals surface area contributed by atoms with Gasteiger partial charge in [0, 0.05) is 6.54 Å². The molecule has 0 fully saturated rings. The first-order chi connectivity index (χ1) is 9.17. The second-order valence-corrected chi connectivity index (χ2v) is 4.74. The van der Waals surface area contributed by atoms with Gasteiger partial charge in [-0.25, -0.2) is 0 Å². The second kappa shape index (κ2) is 5.73. The summed E-state index contributed by atoms with van der Waals surface area (Å²) in [5.41, 5.74) is 0.839. The topological polar surface area (TPSA) is 49.2 Å². The van der Waals surface area contributed by atoms with Crippen molar-refractivity contribution < 1.29 is 9.47 Å². The summed E-state index contributed by atoms with van der Waals surface area (Å²) in [5.74, 6) is 2.74. The standard InChI is InChI=1S/C14H19N3O2/c1-10(2)8-17-9-15-16-14(17)13-11(18-3)6-5-7-12(13)19-4/h5-7,9-10H,8H2,1-4H3. The summed E-state index contributed by atoms with van der Waals surface area (Å²) in [4.78, 5) is 0. The van der Waals surface area contributed by atoms with Gasteiger partial charge in [0.05, 0.1) is 14.2 Å². The number of aromatic nitrogens is 3. The van der Waals surface area contributed by atoms with Gasteiger partial charge in [0.1, 0.15) is 23.4 Å². The van der Waals surface area contributed by atoms with Crippen molar-refractivity contribution in [1.29, 1.82) is 0 Å². The molecule has 102 valence electrons. The van der Waals surface area contributed by atoms with Crippen LogP contribution < -0.4 is 9.47 Å². The molecule has 0 aliphatic rings. The second-order valence-electron chi connectivity index (χ2n) is 4.74.